The fourth-order valence-electron chi connectivity index (χ4n) is 2.86. The number of aliphatic hydroxyl groups is 5. The second-order valence-corrected chi connectivity index (χ2v) is 6.59. The molecule has 6 atom stereocenters. The van der Waals surface area contributed by atoms with E-state index in [0.717, 1.165) is 0 Å². The number of nitrogens with zero attached hydrogens (tertiary/aromatic N) is 3. The molecule has 29 heavy (non-hydrogen) atoms. The molecule has 0 bridgehead atoms. The highest BCUT2D eigenvalue weighted by molar-refractivity contribution is 5.67. The molecule has 1 aliphatic rings. The Bertz CT molecular complexity index is 841. The zero-order valence-electron chi connectivity index (χ0n) is 15.1. The summed E-state index contributed by atoms with van der Waals surface area (Å²) in [4.78, 5) is 0.293. The molecular formula is C16H22N4O9. The molecule has 1 aromatic heterocycles. The second kappa shape index (κ2) is 8.96. The van der Waals surface area contributed by atoms with Gasteiger partial charge in [-0.15, -0.1) is 0 Å². The van der Waals surface area contributed by atoms with Crippen LogP contribution in [0.1, 0.15) is 0 Å². The molecule has 0 amide bonds. The topological polar surface area (TPSA) is 198 Å². The number of nitrogens with one attached hydrogen (secondary N) is 1. The average Bonchev–Trinajstić information content (AvgIpc) is 2.71. The van der Waals surface area contributed by atoms with Crippen molar-refractivity contribution in [3.8, 4) is 0 Å². The molecule has 1 aliphatic heterocycles. The summed E-state index contributed by atoms with van der Waals surface area (Å²) in [6.07, 6.45) is -8.66. The number of anilines is 1. The SMILES string of the molecule is [O-][n+]1nc(NCC(O)COC[C@H]2OC(O)[C@H](O)[C@@H](O)[C@@H]2O)[n+]([O-])c2ccccc21. The lowest BCUT2D eigenvalue weighted by Gasteiger charge is -2.38. The number of benzene rings is 1. The number of fused-ring (bicyclic) bond motifs is 1. The van der Waals surface area contributed by atoms with Gasteiger partial charge in [0.1, 0.15) is 30.5 Å². The van der Waals surface area contributed by atoms with Crippen LogP contribution in [0.5, 0.6) is 0 Å². The van der Waals surface area contributed by atoms with E-state index in [2.05, 4.69) is 10.4 Å². The number of rotatable bonds is 7. The van der Waals surface area contributed by atoms with Gasteiger partial charge in [0.25, 0.3) is 5.52 Å². The number of hydrogen-bond acceptors (Lipinski definition) is 11. The zero-order valence-corrected chi connectivity index (χ0v) is 15.1. The number of aromatic nitrogens is 3. The van der Waals surface area contributed by atoms with Crippen LogP contribution < -0.4 is 14.9 Å². The molecular weight excluding hydrogens is 392 g/mol. The maximum atomic E-state index is 12.3. The maximum Gasteiger partial charge on any atom is 0.461 e. The molecule has 0 spiro atoms. The van der Waals surface area contributed by atoms with Gasteiger partial charge in [0.2, 0.25) is 5.10 Å². The van der Waals surface area contributed by atoms with E-state index in [1.165, 1.54) is 12.1 Å². The van der Waals surface area contributed by atoms with Crippen LogP contribution in [-0.4, -0.2) is 87.2 Å². The highest BCUT2D eigenvalue weighted by Crippen LogP contribution is 2.20. The summed E-state index contributed by atoms with van der Waals surface area (Å²) in [5.41, 5.74) is 0.200. The summed E-state index contributed by atoms with van der Waals surface area (Å²) in [6.45, 7) is -0.709. The second-order valence-electron chi connectivity index (χ2n) is 6.59. The Morgan fingerprint density at radius 3 is 2.52 bits per heavy atom. The van der Waals surface area contributed by atoms with Gasteiger partial charge in [-0.2, -0.15) is 0 Å². The molecule has 3 rings (SSSR count). The van der Waals surface area contributed by atoms with Crippen molar-refractivity contribution in [2.24, 2.45) is 0 Å². The largest absolute Gasteiger partial charge is 0.739 e. The molecule has 2 heterocycles. The summed E-state index contributed by atoms with van der Waals surface area (Å²) >= 11 is 0. The maximum absolute atomic E-state index is 12.3. The van der Waals surface area contributed by atoms with Gasteiger partial charge in [-0.25, -0.2) is 4.73 Å². The zero-order chi connectivity index (χ0) is 21.1. The molecule has 0 radical (unpaired) electrons. The monoisotopic (exact) mass is 414 g/mol. The Hall–Kier alpha value is -2.39. The van der Waals surface area contributed by atoms with Gasteiger partial charge in [0.15, 0.2) is 11.8 Å². The Morgan fingerprint density at radius 1 is 1.10 bits per heavy atom. The number of ether oxygens (including phenoxy) is 2. The summed E-state index contributed by atoms with van der Waals surface area (Å²) in [5.74, 6) is -0.302. The lowest BCUT2D eigenvalue weighted by atomic mass is 9.99. The van der Waals surface area contributed by atoms with Gasteiger partial charge < -0.3 is 45.4 Å². The predicted octanol–water partition coefficient (Wildman–Crippen LogP) is -3.91. The summed E-state index contributed by atoms with van der Waals surface area (Å²) < 4.78 is 10.6. The molecule has 13 heteroatoms. The van der Waals surface area contributed by atoms with Crippen LogP contribution in [0.25, 0.3) is 11.0 Å². The minimum absolute atomic E-state index is 0.0949. The number of hydrogen-bond donors (Lipinski definition) is 6. The van der Waals surface area contributed by atoms with Gasteiger partial charge >= 0.3 is 5.95 Å². The number of aliphatic hydroxyl groups excluding tert-OH is 5. The normalized spacial score (nSPS) is 28.4. The Kier molecular flexibility index (Phi) is 6.59. The van der Waals surface area contributed by atoms with Crippen LogP contribution in [-0.2, 0) is 9.47 Å². The average molecular weight is 414 g/mol. The van der Waals surface area contributed by atoms with Crippen molar-refractivity contribution < 1.29 is 44.6 Å². The molecule has 0 aliphatic carbocycles. The molecule has 2 aromatic rings. The minimum Gasteiger partial charge on any atom is -0.739 e. The van der Waals surface area contributed by atoms with Gasteiger partial charge in [-0.3, -0.25) is 5.32 Å². The van der Waals surface area contributed by atoms with Crippen molar-refractivity contribution in [1.82, 2.24) is 5.10 Å². The predicted molar refractivity (Wildman–Crippen MR) is 93.9 cm³/mol. The first kappa shape index (κ1) is 21.3. The van der Waals surface area contributed by atoms with E-state index >= 15 is 0 Å². The van der Waals surface area contributed by atoms with Crippen molar-refractivity contribution in [2.45, 2.75) is 36.8 Å². The van der Waals surface area contributed by atoms with Crippen molar-refractivity contribution in [1.29, 1.82) is 0 Å². The van der Waals surface area contributed by atoms with E-state index in [0.29, 0.717) is 9.58 Å². The molecule has 1 saturated heterocycles. The lowest BCUT2D eigenvalue weighted by Crippen LogP contribution is -2.58. The van der Waals surface area contributed by atoms with Gasteiger partial charge in [0, 0.05) is 10.9 Å². The van der Waals surface area contributed by atoms with E-state index in [9.17, 15) is 35.9 Å². The Balaban J connectivity index is 1.50. The van der Waals surface area contributed by atoms with Crippen LogP contribution in [0, 0.1) is 10.4 Å². The van der Waals surface area contributed by atoms with Gasteiger partial charge in [-0.1, -0.05) is 12.1 Å². The molecule has 0 saturated carbocycles. The summed E-state index contributed by atoms with van der Waals surface area (Å²) in [5, 5.41) is 78.5. The molecule has 1 aromatic carbocycles. The highest BCUT2D eigenvalue weighted by atomic mass is 16.6. The smallest absolute Gasteiger partial charge is 0.461 e. The van der Waals surface area contributed by atoms with Crippen molar-refractivity contribution in [2.75, 3.05) is 25.1 Å². The quantitative estimate of drug-likeness (QED) is 0.191. The van der Waals surface area contributed by atoms with Gasteiger partial charge in [0.05, 0.1) is 19.8 Å². The molecule has 2 unspecified atom stereocenters. The van der Waals surface area contributed by atoms with E-state index in [1.807, 2.05) is 0 Å². The van der Waals surface area contributed by atoms with Crippen molar-refractivity contribution in [3.63, 3.8) is 0 Å². The lowest BCUT2D eigenvalue weighted by molar-refractivity contribution is -0.672. The highest BCUT2D eigenvalue weighted by Gasteiger charge is 2.43. The van der Waals surface area contributed by atoms with E-state index in [1.54, 1.807) is 12.1 Å². The third-order valence-corrected chi connectivity index (χ3v) is 4.46. The summed E-state index contributed by atoms with van der Waals surface area (Å²) in [7, 11) is 0. The third-order valence-electron chi connectivity index (χ3n) is 4.46. The minimum atomic E-state index is -1.68. The Labute approximate surface area is 164 Å². The first-order valence-electron chi connectivity index (χ1n) is 8.79. The first-order chi connectivity index (χ1) is 13.8. The molecule has 13 nitrogen and oxygen atoms in total. The van der Waals surface area contributed by atoms with Crippen LogP contribution in [0.2, 0.25) is 0 Å². The molecule has 1 fully saturated rings. The van der Waals surface area contributed by atoms with Crippen LogP contribution in [0.15, 0.2) is 24.3 Å². The van der Waals surface area contributed by atoms with Crippen LogP contribution in [0.3, 0.4) is 0 Å². The van der Waals surface area contributed by atoms with E-state index in [4.69, 9.17) is 9.47 Å². The van der Waals surface area contributed by atoms with Crippen LogP contribution in [0.4, 0.5) is 5.95 Å². The van der Waals surface area contributed by atoms with Crippen molar-refractivity contribution >= 4 is 17.0 Å². The Morgan fingerprint density at radius 2 is 1.79 bits per heavy atom. The fraction of sp³-hybridized carbons (Fsp3) is 0.562. The fourth-order valence-corrected chi connectivity index (χ4v) is 2.86. The third kappa shape index (κ3) is 4.62. The molecule has 6 N–H and O–H groups in total. The standard InChI is InChI=1S/C16H22N4O9/c21-8(6-28-7-11-12(22)13(23)14(24)15(25)29-11)5-17-16-18-20(27)10-4-2-1-3-9(10)19(16)26/h1-4,8,11-15,21-25H,5-7H2,(H,17,18)/t8?,11-,12-,13+,14-,15?/m1/s1. The van der Waals surface area contributed by atoms with Crippen LogP contribution >= 0.6 is 0 Å². The van der Waals surface area contributed by atoms with Crippen molar-refractivity contribution in [3.05, 3.63) is 34.7 Å². The summed E-state index contributed by atoms with van der Waals surface area (Å²) in [6, 6.07) is 6.10. The van der Waals surface area contributed by atoms with Gasteiger partial charge in [-0.05, 0) is 6.07 Å². The first-order valence-corrected chi connectivity index (χ1v) is 8.79. The van der Waals surface area contributed by atoms with E-state index < -0.39 is 36.8 Å². The molecule has 160 valence electrons. The van der Waals surface area contributed by atoms with E-state index in [-0.39, 0.29) is 36.7 Å². The number of para-hydroxylation sites is 2.